The normalized spacial score (nSPS) is 14.5. The summed E-state index contributed by atoms with van der Waals surface area (Å²) in [5, 5.41) is 0. The Morgan fingerprint density at radius 1 is 0.972 bits per heavy atom. The maximum atomic E-state index is 13.2. The van der Waals surface area contributed by atoms with Crippen molar-refractivity contribution in [2.24, 2.45) is 0 Å². The van der Waals surface area contributed by atoms with Gasteiger partial charge in [0.05, 0.1) is 4.91 Å². The third-order valence-electron chi connectivity index (χ3n) is 5.35. The van der Waals surface area contributed by atoms with Gasteiger partial charge in [-0.1, -0.05) is 78.6 Å². The standard InChI is InChI=1S/C27H22F2N2O3S2/c28-26(29)34-22-15-8-7-10-19(22)18-23-25(33)30(27(35)36-23)17-9-16-24(32)31(20-11-3-1-4-12-20)21-13-5-2-6-14-21/h1-8,10-15,18,26H,9,16-17H2. The lowest BCUT2D eigenvalue weighted by Gasteiger charge is -2.23. The number of nitrogens with zero attached hydrogens (tertiary/aromatic N) is 2. The summed E-state index contributed by atoms with van der Waals surface area (Å²) >= 11 is 6.47. The number of hydrogen-bond acceptors (Lipinski definition) is 5. The van der Waals surface area contributed by atoms with Crippen LogP contribution < -0.4 is 9.64 Å². The third kappa shape index (κ3) is 6.16. The molecule has 0 saturated carbocycles. The lowest BCUT2D eigenvalue weighted by molar-refractivity contribution is -0.123. The van der Waals surface area contributed by atoms with Crippen LogP contribution in [0, 0.1) is 0 Å². The molecule has 1 fully saturated rings. The van der Waals surface area contributed by atoms with Gasteiger partial charge in [-0.3, -0.25) is 19.4 Å². The summed E-state index contributed by atoms with van der Waals surface area (Å²) in [6, 6.07) is 25.0. The Kier molecular flexibility index (Phi) is 8.45. The maximum Gasteiger partial charge on any atom is 0.387 e. The van der Waals surface area contributed by atoms with Crippen LogP contribution in [0.3, 0.4) is 0 Å². The van der Waals surface area contributed by atoms with E-state index in [0.717, 1.165) is 23.1 Å². The number of thioether (sulfide) groups is 1. The number of alkyl halides is 2. The van der Waals surface area contributed by atoms with E-state index in [0.29, 0.717) is 21.2 Å². The van der Waals surface area contributed by atoms with Gasteiger partial charge in [0.2, 0.25) is 5.91 Å². The molecule has 1 aliphatic heterocycles. The molecular weight excluding hydrogens is 502 g/mol. The van der Waals surface area contributed by atoms with E-state index in [9.17, 15) is 18.4 Å². The fourth-order valence-electron chi connectivity index (χ4n) is 3.73. The molecule has 0 N–H and O–H groups in total. The molecular formula is C27H22F2N2O3S2. The van der Waals surface area contributed by atoms with Gasteiger partial charge in [0.1, 0.15) is 10.1 Å². The number of halogens is 2. The summed E-state index contributed by atoms with van der Waals surface area (Å²) in [5.74, 6) is -0.455. The zero-order valence-electron chi connectivity index (χ0n) is 19.1. The molecule has 5 nitrogen and oxygen atoms in total. The second-order valence-electron chi connectivity index (χ2n) is 7.75. The number of para-hydroxylation sites is 3. The first-order chi connectivity index (χ1) is 17.4. The van der Waals surface area contributed by atoms with Crippen LogP contribution >= 0.6 is 24.0 Å². The van der Waals surface area contributed by atoms with Gasteiger partial charge in [-0.05, 0) is 42.8 Å². The third-order valence-corrected chi connectivity index (χ3v) is 6.72. The Labute approximate surface area is 217 Å². The predicted molar refractivity (Wildman–Crippen MR) is 142 cm³/mol. The second-order valence-corrected chi connectivity index (χ2v) is 9.43. The molecule has 0 aliphatic carbocycles. The molecule has 3 aromatic carbocycles. The van der Waals surface area contributed by atoms with Gasteiger partial charge in [0, 0.05) is 29.9 Å². The molecule has 0 aromatic heterocycles. The van der Waals surface area contributed by atoms with E-state index in [-0.39, 0.29) is 30.5 Å². The highest BCUT2D eigenvalue weighted by Gasteiger charge is 2.32. The number of anilines is 2. The van der Waals surface area contributed by atoms with Crippen LogP contribution in [0.2, 0.25) is 0 Å². The minimum Gasteiger partial charge on any atom is -0.434 e. The van der Waals surface area contributed by atoms with Gasteiger partial charge in [0.25, 0.3) is 5.91 Å². The fraction of sp³-hybridized carbons (Fsp3) is 0.148. The molecule has 4 rings (SSSR count). The number of carbonyl (C=O) groups excluding carboxylic acids is 2. The summed E-state index contributed by atoms with van der Waals surface area (Å²) in [5.41, 5.74) is 1.87. The van der Waals surface area contributed by atoms with Crippen LogP contribution in [0.25, 0.3) is 6.08 Å². The Balaban J connectivity index is 1.43. The van der Waals surface area contributed by atoms with E-state index in [1.165, 1.54) is 17.0 Å². The van der Waals surface area contributed by atoms with Crippen molar-refractivity contribution in [3.05, 3.63) is 95.4 Å². The molecule has 3 aromatic rings. The first-order valence-corrected chi connectivity index (χ1v) is 12.4. The fourth-order valence-corrected chi connectivity index (χ4v) is 5.03. The molecule has 1 saturated heterocycles. The van der Waals surface area contributed by atoms with E-state index in [1.807, 2.05) is 60.7 Å². The molecule has 1 aliphatic rings. The Morgan fingerprint density at radius 2 is 1.56 bits per heavy atom. The number of hydrogen-bond donors (Lipinski definition) is 0. The number of ether oxygens (including phenoxy) is 1. The molecule has 0 spiro atoms. The van der Waals surface area contributed by atoms with Gasteiger partial charge in [-0.2, -0.15) is 8.78 Å². The molecule has 0 unspecified atom stereocenters. The van der Waals surface area contributed by atoms with Crippen LogP contribution in [0.5, 0.6) is 5.75 Å². The Hall–Kier alpha value is -3.56. The summed E-state index contributed by atoms with van der Waals surface area (Å²) < 4.78 is 30.3. The van der Waals surface area contributed by atoms with Crippen molar-refractivity contribution in [1.29, 1.82) is 0 Å². The van der Waals surface area contributed by atoms with Crippen molar-refractivity contribution in [1.82, 2.24) is 4.90 Å². The predicted octanol–water partition coefficient (Wildman–Crippen LogP) is 6.63. The van der Waals surface area contributed by atoms with Crippen molar-refractivity contribution < 1.29 is 23.1 Å². The van der Waals surface area contributed by atoms with Crippen LogP contribution in [-0.4, -0.2) is 34.2 Å². The summed E-state index contributed by atoms with van der Waals surface area (Å²) in [6.45, 7) is -2.71. The van der Waals surface area contributed by atoms with E-state index >= 15 is 0 Å². The van der Waals surface area contributed by atoms with Crippen LogP contribution in [0.4, 0.5) is 20.2 Å². The molecule has 9 heteroatoms. The van der Waals surface area contributed by atoms with Crippen LogP contribution in [0.1, 0.15) is 18.4 Å². The van der Waals surface area contributed by atoms with Gasteiger partial charge in [-0.25, -0.2) is 0 Å². The molecule has 36 heavy (non-hydrogen) atoms. The summed E-state index contributed by atoms with van der Waals surface area (Å²) in [4.78, 5) is 29.6. The quantitative estimate of drug-likeness (QED) is 0.232. The molecule has 1 heterocycles. The molecule has 0 radical (unpaired) electrons. The average Bonchev–Trinajstić information content (AvgIpc) is 3.14. The van der Waals surface area contributed by atoms with Crippen molar-refractivity contribution in [2.75, 3.05) is 11.4 Å². The molecule has 184 valence electrons. The van der Waals surface area contributed by atoms with E-state index in [2.05, 4.69) is 4.74 Å². The largest absolute Gasteiger partial charge is 0.434 e. The minimum atomic E-state index is -2.97. The van der Waals surface area contributed by atoms with Crippen molar-refractivity contribution in [2.45, 2.75) is 19.5 Å². The first kappa shape index (κ1) is 25.5. The van der Waals surface area contributed by atoms with E-state index in [4.69, 9.17) is 12.2 Å². The zero-order chi connectivity index (χ0) is 25.5. The van der Waals surface area contributed by atoms with Crippen molar-refractivity contribution in [3.8, 4) is 5.75 Å². The SMILES string of the molecule is O=C1C(=Cc2ccccc2OC(F)F)SC(=S)N1CCCC(=O)N(c1ccccc1)c1ccccc1. The van der Waals surface area contributed by atoms with Gasteiger partial charge >= 0.3 is 6.61 Å². The molecule has 0 atom stereocenters. The number of benzene rings is 3. The van der Waals surface area contributed by atoms with E-state index in [1.54, 1.807) is 23.1 Å². The minimum absolute atomic E-state index is 0.0229. The second kappa shape index (κ2) is 11.9. The molecule has 0 bridgehead atoms. The highest BCUT2D eigenvalue weighted by molar-refractivity contribution is 8.26. The number of amides is 2. The van der Waals surface area contributed by atoms with Crippen molar-refractivity contribution >= 4 is 57.6 Å². The Bertz CT molecular complexity index is 1230. The van der Waals surface area contributed by atoms with E-state index < -0.39 is 6.61 Å². The number of rotatable bonds is 9. The number of thiocarbonyl (C=S) groups is 1. The summed E-state index contributed by atoms with van der Waals surface area (Å²) in [6.07, 6.45) is 2.10. The Morgan fingerprint density at radius 3 is 2.17 bits per heavy atom. The van der Waals surface area contributed by atoms with Gasteiger partial charge in [0.15, 0.2) is 0 Å². The zero-order valence-corrected chi connectivity index (χ0v) is 20.7. The highest BCUT2D eigenvalue weighted by Crippen LogP contribution is 2.35. The van der Waals surface area contributed by atoms with Crippen LogP contribution in [0.15, 0.2) is 89.8 Å². The highest BCUT2D eigenvalue weighted by atomic mass is 32.2. The smallest absolute Gasteiger partial charge is 0.387 e. The monoisotopic (exact) mass is 524 g/mol. The van der Waals surface area contributed by atoms with Crippen LogP contribution in [-0.2, 0) is 9.59 Å². The van der Waals surface area contributed by atoms with Gasteiger partial charge in [-0.15, -0.1) is 0 Å². The lowest BCUT2D eigenvalue weighted by atomic mass is 10.1. The first-order valence-electron chi connectivity index (χ1n) is 11.2. The average molecular weight is 525 g/mol. The van der Waals surface area contributed by atoms with Gasteiger partial charge < -0.3 is 4.74 Å². The maximum absolute atomic E-state index is 13.2. The topological polar surface area (TPSA) is 49.9 Å². The molecule has 2 amide bonds. The van der Waals surface area contributed by atoms with Crippen molar-refractivity contribution in [3.63, 3.8) is 0 Å². The summed E-state index contributed by atoms with van der Waals surface area (Å²) in [7, 11) is 0. The lowest BCUT2D eigenvalue weighted by Crippen LogP contribution is -2.31. The number of carbonyl (C=O) groups is 2.